The number of anilines is 1. The second kappa shape index (κ2) is 9.85. The summed E-state index contributed by atoms with van der Waals surface area (Å²) in [5, 5.41) is 3.65. The highest BCUT2D eigenvalue weighted by molar-refractivity contribution is 6.02. The Morgan fingerprint density at radius 3 is 2.20 bits per heavy atom. The number of rotatable bonds is 3. The molecule has 2 heterocycles. The zero-order chi connectivity index (χ0) is 25.2. The van der Waals surface area contributed by atoms with E-state index in [0.29, 0.717) is 0 Å². The molecule has 5 rings (SSSR count). The van der Waals surface area contributed by atoms with Crippen molar-refractivity contribution in [2.75, 3.05) is 5.32 Å². The van der Waals surface area contributed by atoms with E-state index in [1.165, 1.54) is 57.1 Å². The Balaban J connectivity index is 0.00000141. The maximum atomic E-state index is 3.65. The molecule has 3 aliphatic rings. The SMILES string of the molecule is CC.CC1=C(/C=C/C2=[NH+]c3ccccc3C2(C)C)CCC/C1=C\C=C1\Nc2ccccc2C1(C)C. The van der Waals surface area contributed by atoms with E-state index >= 15 is 0 Å². The van der Waals surface area contributed by atoms with Gasteiger partial charge in [-0.3, -0.25) is 0 Å². The predicted octanol–water partition coefficient (Wildman–Crippen LogP) is 7.43. The first kappa shape index (κ1) is 25.0. The Kier molecular flexibility index (Phi) is 7.03. The number of allylic oxidation sites excluding steroid dienone is 8. The molecule has 0 radical (unpaired) electrons. The smallest absolute Gasteiger partial charge is 0.208 e. The molecule has 0 bridgehead atoms. The van der Waals surface area contributed by atoms with E-state index in [1.54, 1.807) is 0 Å². The number of benzene rings is 2. The summed E-state index contributed by atoms with van der Waals surface area (Å²) in [7, 11) is 0. The highest BCUT2D eigenvalue weighted by atomic mass is 14.9. The van der Waals surface area contributed by atoms with Gasteiger partial charge < -0.3 is 5.32 Å². The van der Waals surface area contributed by atoms with Crippen molar-refractivity contribution in [1.82, 2.24) is 0 Å². The monoisotopic (exact) mass is 465 g/mol. The fraction of sp³-hybridized carbons (Fsp3) is 0.364. The Morgan fingerprint density at radius 2 is 1.49 bits per heavy atom. The summed E-state index contributed by atoms with van der Waals surface area (Å²) in [5.74, 6) is 0. The molecule has 2 heteroatoms. The summed E-state index contributed by atoms with van der Waals surface area (Å²) >= 11 is 0. The van der Waals surface area contributed by atoms with Gasteiger partial charge in [0, 0.05) is 34.5 Å². The predicted molar refractivity (Wildman–Crippen MR) is 151 cm³/mol. The van der Waals surface area contributed by atoms with E-state index in [1.807, 2.05) is 13.8 Å². The Bertz CT molecular complexity index is 1260. The third-order valence-corrected chi connectivity index (χ3v) is 7.84. The number of hydrogen-bond acceptors (Lipinski definition) is 1. The maximum Gasteiger partial charge on any atom is 0.208 e. The molecule has 2 aromatic rings. The number of fused-ring (bicyclic) bond motifs is 2. The zero-order valence-electron chi connectivity index (χ0n) is 22.5. The van der Waals surface area contributed by atoms with E-state index in [0.717, 1.165) is 12.8 Å². The van der Waals surface area contributed by atoms with Crippen molar-refractivity contribution in [1.29, 1.82) is 0 Å². The molecule has 2 N–H and O–H groups in total. The molecule has 0 saturated heterocycles. The average molecular weight is 466 g/mol. The van der Waals surface area contributed by atoms with Crippen LogP contribution in [0, 0.1) is 0 Å². The Hall–Kier alpha value is -3.13. The Morgan fingerprint density at radius 1 is 0.800 bits per heavy atom. The maximum absolute atomic E-state index is 3.65. The lowest BCUT2D eigenvalue weighted by Crippen LogP contribution is -2.65. The van der Waals surface area contributed by atoms with Crippen molar-refractivity contribution < 1.29 is 4.99 Å². The van der Waals surface area contributed by atoms with Gasteiger partial charge in [-0.25, -0.2) is 4.99 Å². The average Bonchev–Trinajstić information content (AvgIpc) is 3.28. The van der Waals surface area contributed by atoms with Crippen LogP contribution in [-0.4, -0.2) is 5.71 Å². The molecule has 2 aliphatic heterocycles. The van der Waals surface area contributed by atoms with E-state index < -0.39 is 0 Å². The van der Waals surface area contributed by atoms with Gasteiger partial charge in [0.2, 0.25) is 5.69 Å². The zero-order valence-corrected chi connectivity index (χ0v) is 22.5. The lowest BCUT2D eigenvalue weighted by atomic mass is 9.80. The molecule has 0 aromatic heterocycles. The van der Waals surface area contributed by atoms with Gasteiger partial charge in [-0.15, -0.1) is 0 Å². The van der Waals surface area contributed by atoms with E-state index in [2.05, 4.69) is 118 Å². The fourth-order valence-corrected chi connectivity index (χ4v) is 5.50. The molecule has 0 spiro atoms. The van der Waals surface area contributed by atoms with E-state index in [-0.39, 0.29) is 10.8 Å². The second-order valence-corrected chi connectivity index (χ2v) is 10.6. The lowest BCUT2D eigenvalue weighted by molar-refractivity contribution is -0.349. The number of para-hydroxylation sites is 2. The van der Waals surface area contributed by atoms with Gasteiger partial charge >= 0.3 is 0 Å². The highest BCUT2D eigenvalue weighted by Gasteiger charge is 2.39. The lowest BCUT2D eigenvalue weighted by Gasteiger charge is -2.21. The minimum Gasteiger partial charge on any atom is -0.358 e. The largest absolute Gasteiger partial charge is 0.358 e. The van der Waals surface area contributed by atoms with Gasteiger partial charge in [0.25, 0.3) is 0 Å². The van der Waals surface area contributed by atoms with Gasteiger partial charge in [0.15, 0.2) is 5.71 Å². The molecule has 0 fully saturated rings. The molecule has 2 nitrogen and oxygen atoms in total. The normalized spacial score (nSPS) is 22.0. The van der Waals surface area contributed by atoms with Gasteiger partial charge in [0.05, 0.1) is 5.41 Å². The number of hydrogen-bond donors (Lipinski definition) is 2. The summed E-state index contributed by atoms with van der Waals surface area (Å²) in [5.41, 5.74) is 12.1. The minimum absolute atomic E-state index is 0.00798. The molecule has 1 aliphatic carbocycles. The van der Waals surface area contributed by atoms with Crippen molar-refractivity contribution in [2.45, 2.75) is 78.6 Å². The van der Waals surface area contributed by atoms with Crippen LogP contribution in [-0.2, 0) is 10.8 Å². The molecule has 2 aromatic carbocycles. The van der Waals surface area contributed by atoms with Crippen LogP contribution in [0.1, 0.15) is 78.9 Å². The molecular formula is C33H41N2+. The van der Waals surface area contributed by atoms with Crippen LogP contribution >= 0.6 is 0 Å². The molecule has 182 valence electrons. The summed E-state index contributed by atoms with van der Waals surface area (Å²) in [4.78, 5) is 3.65. The topological polar surface area (TPSA) is 26.0 Å². The van der Waals surface area contributed by atoms with Crippen molar-refractivity contribution >= 4 is 17.1 Å². The standard InChI is InChI=1S/C31H34N2.C2H6/c1-21-22(17-19-28-30(2,3)24-13-6-8-15-26(24)32-28)11-10-12-23(21)18-20-29-31(4,5)25-14-7-9-16-27(25)33-29;1-2/h6-9,13-20,32H,10-12H2,1-5H3;1-2H3/p+1/b20-18+,22-17+,28-19+;. The summed E-state index contributed by atoms with van der Waals surface area (Å²) in [6.45, 7) is 15.5. The van der Waals surface area contributed by atoms with Crippen LogP contribution < -0.4 is 10.3 Å². The third kappa shape index (κ3) is 4.59. The van der Waals surface area contributed by atoms with E-state index in [4.69, 9.17) is 0 Å². The van der Waals surface area contributed by atoms with Crippen LogP contribution in [0.15, 0.2) is 95.3 Å². The van der Waals surface area contributed by atoms with Crippen molar-refractivity contribution in [3.63, 3.8) is 0 Å². The summed E-state index contributed by atoms with van der Waals surface area (Å²) in [6, 6.07) is 17.3. The van der Waals surface area contributed by atoms with Crippen LogP contribution in [0.25, 0.3) is 0 Å². The van der Waals surface area contributed by atoms with Gasteiger partial charge in [-0.1, -0.05) is 76.2 Å². The van der Waals surface area contributed by atoms with Gasteiger partial charge in [-0.05, 0) is 74.5 Å². The van der Waals surface area contributed by atoms with Crippen LogP contribution in [0.5, 0.6) is 0 Å². The molecule has 0 amide bonds. The first-order valence-corrected chi connectivity index (χ1v) is 13.2. The number of nitrogens with one attached hydrogen (secondary N) is 2. The van der Waals surface area contributed by atoms with Crippen molar-refractivity contribution in [2.24, 2.45) is 0 Å². The summed E-state index contributed by atoms with van der Waals surface area (Å²) in [6.07, 6.45) is 12.8. The van der Waals surface area contributed by atoms with Crippen LogP contribution in [0.4, 0.5) is 11.4 Å². The molecule has 35 heavy (non-hydrogen) atoms. The van der Waals surface area contributed by atoms with Crippen LogP contribution in [0.2, 0.25) is 0 Å². The van der Waals surface area contributed by atoms with E-state index in [9.17, 15) is 0 Å². The van der Waals surface area contributed by atoms with Crippen molar-refractivity contribution in [3.8, 4) is 0 Å². The van der Waals surface area contributed by atoms with Gasteiger partial charge in [-0.2, -0.15) is 0 Å². The highest BCUT2D eigenvalue weighted by Crippen LogP contribution is 2.43. The first-order valence-electron chi connectivity index (χ1n) is 13.2. The summed E-state index contributed by atoms with van der Waals surface area (Å²) < 4.78 is 0. The fourth-order valence-electron chi connectivity index (χ4n) is 5.50. The van der Waals surface area contributed by atoms with Gasteiger partial charge in [0.1, 0.15) is 0 Å². The first-order chi connectivity index (χ1) is 16.8. The third-order valence-electron chi connectivity index (χ3n) is 7.84. The Labute approximate surface area is 212 Å². The van der Waals surface area contributed by atoms with Crippen LogP contribution in [0.3, 0.4) is 0 Å². The second-order valence-electron chi connectivity index (χ2n) is 10.6. The molecule has 0 saturated carbocycles. The molecular weight excluding hydrogens is 424 g/mol. The quantitative estimate of drug-likeness (QED) is 0.484. The molecule has 0 unspecified atom stereocenters. The minimum atomic E-state index is 0.00798. The molecule has 0 atom stereocenters. The van der Waals surface area contributed by atoms with Crippen molar-refractivity contribution in [3.05, 3.63) is 106 Å².